The van der Waals surface area contributed by atoms with Gasteiger partial charge in [0.15, 0.2) is 0 Å². The zero-order valence-electron chi connectivity index (χ0n) is 15.8. The first kappa shape index (κ1) is 22.6. The highest BCUT2D eigenvalue weighted by Gasteiger charge is 2.33. The topological polar surface area (TPSA) is 66.5 Å². The van der Waals surface area contributed by atoms with Gasteiger partial charge in [-0.1, -0.05) is 35.9 Å². The van der Waals surface area contributed by atoms with Gasteiger partial charge in [0.05, 0.1) is 16.1 Å². The first-order valence-electron chi connectivity index (χ1n) is 8.88. The van der Waals surface area contributed by atoms with E-state index >= 15 is 0 Å². The lowest BCUT2D eigenvalue weighted by molar-refractivity contribution is -0.137. The molecule has 162 valence electrons. The van der Waals surface area contributed by atoms with Crippen molar-refractivity contribution in [2.24, 2.45) is 0 Å². The van der Waals surface area contributed by atoms with E-state index in [4.69, 9.17) is 11.6 Å². The van der Waals surface area contributed by atoms with E-state index in [0.717, 1.165) is 12.1 Å². The van der Waals surface area contributed by atoms with Crippen LogP contribution >= 0.6 is 11.6 Å². The molecule has 1 amide bonds. The van der Waals surface area contributed by atoms with Crippen molar-refractivity contribution in [2.45, 2.75) is 11.1 Å². The van der Waals surface area contributed by atoms with Gasteiger partial charge < -0.3 is 5.32 Å². The molecule has 0 bridgehead atoms. The van der Waals surface area contributed by atoms with Gasteiger partial charge in [0.1, 0.15) is 6.54 Å². The molecule has 10 heteroatoms. The monoisotopic (exact) mass is 468 g/mol. The van der Waals surface area contributed by atoms with Crippen LogP contribution in [0, 0.1) is 0 Å². The molecule has 0 aliphatic rings. The van der Waals surface area contributed by atoms with E-state index in [0.29, 0.717) is 21.1 Å². The maximum atomic E-state index is 13.2. The molecule has 5 nitrogen and oxygen atoms in total. The summed E-state index contributed by atoms with van der Waals surface area (Å²) in [6.07, 6.45) is -4.68. The van der Waals surface area contributed by atoms with Crippen molar-refractivity contribution in [3.05, 3.63) is 89.4 Å². The average molecular weight is 469 g/mol. The highest BCUT2D eigenvalue weighted by Crippen LogP contribution is 2.33. The van der Waals surface area contributed by atoms with E-state index in [1.165, 1.54) is 54.6 Å². The van der Waals surface area contributed by atoms with Crippen LogP contribution in [0.4, 0.5) is 24.5 Å². The number of hydrogen-bond acceptors (Lipinski definition) is 3. The zero-order chi connectivity index (χ0) is 22.6. The van der Waals surface area contributed by atoms with Crippen molar-refractivity contribution in [1.82, 2.24) is 0 Å². The fraction of sp³-hybridized carbons (Fsp3) is 0.0952. The van der Waals surface area contributed by atoms with E-state index in [2.05, 4.69) is 5.32 Å². The lowest BCUT2D eigenvalue weighted by Gasteiger charge is -2.25. The first-order valence-corrected chi connectivity index (χ1v) is 10.7. The lowest BCUT2D eigenvalue weighted by atomic mass is 10.2. The molecule has 0 fully saturated rings. The Morgan fingerprint density at radius 3 is 2.19 bits per heavy atom. The number of carbonyl (C=O) groups excluding carboxylic acids is 1. The standard InChI is InChI=1S/C21H16ClF3N2O3S/c22-16-9-11-17(12-10-16)26-20(28)14-27(31(29,30)19-7-2-1-3-8-19)18-6-4-5-15(13-18)21(23,24)25/h1-13H,14H2,(H,26,28). The van der Waals surface area contributed by atoms with Gasteiger partial charge in [0.25, 0.3) is 10.0 Å². The predicted octanol–water partition coefficient (Wildman–Crippen LogP) is 5.19. The number of alkyl halides is 3. The molecule has 3 rings (SSSR count). The Labute approximate surface area is 182 Å². The molecule has 0 radical (unpaired) electrons. The molecule has 0 atom stereocenters. The van der Waals surface area contributed by atoms with Crippen LogP contribution in [0.5, 0.6) is 0 Å². The van der Waals surface area contributed by atoms with E-state index in [-0.39, 0.29) is 10.6 Å². The number of nitrogens with zero attached hydrogens (tertiary/aromatic N) is 1. The van der Waals surface area contributed by atoms with Crippen LogP contribution in [-0.2, 0) is 21.0 Å². The van der Waals surface area contributed by atoms with Crippen molar-refractivity contribution in [3.8, 4) is 0 Å². The van der Waals surface area contributed by atoms with Crippen LogP contribution < -0.4 is 9.62 Å². The Bertz CT molecular complexity index is 1170. The van der Waals surface area contributed by atoms with E-state index in [1.54, 1.807) is 6.07 Å². The molecule has 0 aliphatic carbocycles. The number of nitrogens with one attached hydrogen (secondary N) is 1. The van der Waals surface area contributed by atoms with Crippen LogP contribution in [0.3, 0.4) is 0 Å². The summed E-state index contributed by atoms with van der Waals surface area (Å²) in [5.74, 6) is -0.737. The normalized spacial score (nSPS) is 11.7. The minimum atomic E-state index is -4.68. The highest BCUT2D eigenvalue weighted by molar-refractivity contribution is 7.92. The van der Waals surface area contributed by atoms with Crippen LogP contribution in [0.1, 0.15) is 5.56 Å². The molecular formula is C21H16ClF3N2O3S. The van der Waals surface area contributed by atoms with E-state index < -0.39 is 34.2 Å². The quantitative estimate of drug-likeness (QED) is 0.541. The summed E-state index contributed by atoms with van der Waals surface area (Å²) in [6.45, 7) is -0.735. The van der Waals surface area contributed by atoms with E-state index in [1.807, 2.05) is 0 Å². The zero-order valence-corrected chi connectivity index (χ0v) is 17.4. The summed E-state index contributed by atoms with van der Waals surface area (Å²) in [5.41, 5.74) is -0.961. The SMILES string of the molecule is O=C(CN(c1cccc(C(F)(F)F)c1)S(=O)(=O)c1ccccc1)Nc1ccc(Cl)cc1. The minimum Gasteiger partial charge on any atom is -0.325 e. The summed E-state index contributed by atoms with van der Waals surface area (Å²) in [4.78, 5) is 12.4. The third-order valence-corrected chi connectivity index (χ3v) is 6.25. The Morgan fingerprint density at radius 2 is 1.58 bits per heavy atom. The number of sulfonamides is 1. The highest BCUT2D eigenvalue weighted by atomic mass is 35.5. The number of carbonyl (C=O) groups is 1. The summed E-state index contributed by atoms with van der Waals surface area (Å²) >= 11 is 5.80. The van der Waals surface area contributed by atoms with Gasteiger partial charge in [-0.15, -0.1) is 0 Å². The van der Waals surface area contributed by atoms with Crippen molar-refractivity contribution in [2.75, 3.05) is 16.2 Å². The molecule has 1 N–H and O–H groups in total. The van der Waals surface area contributed by atoms with Crippen LogP contribution in [-0.4, -0.2) is 20.9 Å². The van der Waals surface area contributed by atoms with Crippen molar-refractivity contribution < 1.29 is 26.4 Å². The number of benzene rings is 3. The van der Waals surface area contributed by atoms with Crippen molar-refractivity contribution in [3.63, 3.8) is 0 Å². The van der Waals surface area contributed by atoms with Gasteiger partial charge in [-0.3, -0.25) is 9.10 Å². The van der Waals surface area contributed by atoms with Crippen molar-refractivity contribution in [1.29, 1.82) is 0 Å². The number of hydrogen-bond donors (Lipinski definition) is 1. The molecule has 0 unspecified atom stereocenters. The van der Waals surface area contributed by atoms with Gasteiger partial charge in [0.2, 0.25) is 5.91 Å². The summed E-state index contributed by atoms with van der Waals surface area (Å²) in [6, 6.07) is 17.0. The fourth-order valence-electron chi connectivity index (χ4n) is 2.74. The van der Waals surface area contributed by atoms with Crippen LogP contribution in [0.25, 0.3) is 0 Å². The molecule has 0 saturated carbocycles. The number of rotatable bonds is 6. The summed E-state index contributed by atoms with van der Waals surface area (Å²) < 4.78 is 66.5. The Morgan fingerprint density at radius 1 is 0.935 bits per heavy atom. The minimum absolute atomic E-state index is 0.160. The average Bonchev–Trinajstić information content (AvgIpc) is 2.74. The molecule has 0 aliphatic heterocycles. The molecule has 0 saturated heterocycles. The number of halogens is 4. The van der Waals surface area contributed by atoms with Gasteiger partial charge in [-0.25, -0.2) is 8.42 Å². The fourth-order valence-corrected chi connectivity index (χ4v) is 4.30. The van der Waals surface area contributed by atoms with Gasteiger partial charge in [-0.05, 0) is 54.6 Å². The lowest BCUT2D eigenvalue weighted by Crippen LogP contribution is -2.38. The number of amides is 1. The molecular weight excluding hydrogens is 453 g/mol. The Kier molecular flexibility index (Phi) is 6.56. The summed E-state index contributed by atoms with van der Waals surface area (Å²) in [5, 5.41) is 2.95. The Balaban J connectivity index is 1.99. The van der Waals surface area contributed by atoms with Gasteiger partial charge >= 0.3 is 6.18 Å². The maximum Gasteiger partial charge on any atom is 0.416 e. The smallest absolute Gasteiger partial charge is 0.325 e. The summed E-state index contributed by atoms with van der Waals surface area (Å²) in [7, 11) is -4.33. The molecule has 0 heterocycles. The second-order valence-corrected chi connectivity index (χ2v) is 8.73. The van der Waals surface area contributed by atoms with Gasteiger partial charge in [-0.2, -0.15) is 13.2 Å². The molecule has 0 spiro atoms. The van der Waals surface area contributed by atoms with Gasteiger partial charge in [0, 0.05) is 10.7 Å². The van der Waals surface area contributed by atoms with Crippen LogP contribution in [0.2, 0.25) is 5.02 Å². The largest absolute Gasteiger partial charge is 0.416 e. The third-order valence-electron chi connectivity index (χ3n) is 4.21. The number of anilines is 2. The van der Waals surface area contributed by atoms with E-state index in [9.17, 15) is 26.4 Å². The second kappa shape index (κ2) is 8.99. The third kappa shape index (κ3) is 5.56. The second-order valence-electron chi connectivity index (χ2n) is 6.43. The molecule has 3 aromatic rings. The molecule has 31 heavy (non-hydrogen) atoms. The first-order chi connectivity index (χ1) is 14.6. The van der Waals surface area contributed by atoms with Crippen LogP contribution in [0.15, 0.2) is 83.8 Å². The van der Waals surface area contributed by atoms with Crippen molar-refractivity contribution >= 4 is 38.9 Å². The Hall–Kier alpha value is -3.04. The maximum absolute atomic E-state index is 13.2. The predicted molar refractivity (Wildman–Crippen MR) is 112 cm³/mol. The molecule has 3 aromatic carbocycles. The molecule has 0 aromatic heterocycles.